The van der Waals surface area contributed by atoms with Gasteiger partial charge in [0.2, 0.25) is 5.91 Å². The molecule has 0 unspecified atom stereocenters. The van der Waals surface area contributed by atoms with Gasteiger partial charge in [-0.2, -0.15) is 0 Å². The number of carbonyl (C=O) groups excluding carboxylic acids is 3. The van der Waals surface area contributed by atoms with Crippen LogP contribution in [-0.2, 0) is 19.1 Å². The van der Waals surface area contributed by atoms with E-state index in [1.165, 1.54) is 9.80 Å². The number of amides is 2. The Labute approximate surface area is 180 Å². The molecule has 7 nitrogen and oxygen atoms in total. The van der Waals surface area contributed by atoms with E-state index >= 15 is 0 Å². The Morgan fingerprint density at radius 3 is 2.33 bits per heavy atom. The Kier molecular flexibility index (Phi) is 6.62. The molecule has 0 bridgehead atoms. The van der Waals surface area contributed by atoms with Crippen LogP contribution in [0.5, 0.6) is 5.75 Å². The number of aryl methyl sites for hydroxylation is 2. The third-order valence-corrected chi connectivity index (χ3v) is 5.09. The van der Waals surface area contributed by atoms with Crippen LogP contribution in [0.15, 0.2) is 36.4 Å². The van der Waals surface area contributed by atoms with Crippen molar-refractivity contribution in [2.24, 2.45) is 0 Å². The smallest absolute Gasteiger partial charge is 0.326 e. The minimum atomic E-state index is -0.499. The molecule has 30 heavy (non-hydrogen) atoms. The Hall–Kier alpha value is -3.06. The number of rotatable bonds is 6. The van der Waals surface area contributed by atoms with Crippen molar-refractivity contribution in [3.05, 3.63) is 52.5 Å². The number of halogens is 1. The largest absolute Gasteiger partial charge is 0.484 e. The minimum Gasteiger partial charge on any atom is -0.484 e. The van der Waals surface area contributed by atoms with Gasteiger partial charge in [-0.25, -0.2) is 0 Å². The van der Waals surface area contributed by atoms with Crippen LogP contribution in [0, 0.1) is 13.8 Å². The van der Waals surface area contributed by atoms with Crippen LogP contribution < -0.4 is 14.5 Å². The minimum absolute atomic E-state index is 0.183. The lowest BCUT2D eigenvalue weighted by molar-refractivity contribution is -0.142. The number of fused-ring (bicyclic) bond motifs is 1. The predicted molar refractivity (Wildman–Crippen MR) is 114 cm³/mol. The molecule has 2 aromatic carbocycles. The number of ether oxygens (including phenoxy) is 2. The molecule has 1 heterocycles. The molecule has 0 saturated heterocycles. The summed E-state index contributed by atoms with van der Waals surface area (Å²) in [7, 11) is 0. The van der Waals surface area contributed by atoms with Crippen molar-refractivity contribution < 1.29 is 23.9 Å². The molecular formula is C22H23ClN2O5. The van der Waals surface area contributed by atoms with Gasteiger partial charge >= 0.3 is 5.97 Å². The lowest BCUT2D eigenvalue weighted by Gasteiger charge is -2.36. The summed E-state index contributed by atoms with van der Waals surface area (Å²) in [6, 6.07) is 10.3. The molecule has 1 aliphatic rings. The molecule has 0 saturated carbocycles. The molecule has 0 radical (unpaired) electrons. The molecule has 1 aliphatic heterocycles. The maximum atomic E-state index is 12.9. The Morgan fingerprint density at radius 2 is 1.70 bits per heavy atom. The molecule has 0 aromatic heterocycles. The summed E-state index contributed by atoms with van der Waals surface area (Å²) in [5, 5.41) is 0.566. The zero-order chi connectivity index (χ0) is 21.8. The van der Waals surface area contributed by atoms with E-state index in [0.717, 1.165) is 11.1 Å². The van der Waals surface area contributed by atoms with E-state index in [4.69, 9.17) is 21.1 Å². The highest BCUT2D eigenvalue weighted by Gasteiger charge is 2.34. The first-order chi connectivity index (χ1) is 14.3. The van der Waals surface area contributed by atoms with E-state index < -0.39 is 5.97 Å². The number of hydrogen-bond acceptors (Lipinski definition) is 5. The van der Waals surface area contributed by atoms with Crippen molar-refractivity contribution in [1.29, 1.82) is 0 Å². The molecule has 0 spiro atoms. The summed E-state index contributed by atoms with van der Waals surface area (Å²) >= 11 is 5.86. The summed E-state index contributed by atoms with van der Waals surface area (Å²) in [6.07, 6.45) is 0. The fourth-order valence-corrected chi connectivity index (χ4v) is 3.27. The summed E-state index contributed by atoms with van der Waals surface area (Å²) in [6.45, 7) is 5.15. The van der Waals surface area contributed by atoms with E-state index in [9.17, 15) is 14.4 Å². The van der Waals surface area contributed by atoms with Gasteiger partial charge < -0.3 is 9.47 Å². The summed E-state index contributed by atoms with van der Waals surface area (Å²) in [5.41, 5.74) is 2.98. The summed E-state index contributed by atoms with van der Waals surface area (Å²) in [5.74, 6) is -0.724. The fourth-order valence-electron chi connectivity index (χ4n) is 3.14. The first-order valence-corrected chi connectivity index (χ1v) is 9.94. The topological polar surface area (TPSA) is 76.2 Å². The predicted octanol–water partition coefficient (Wildman–Crippen LogP) is 3.28. The van der Waals surface area contributed by atoms with Crippen LogP contribution in [0.4, 0.5) is 11.4 Å². The highest BCUT2D eigenvalue weighted by molar-refractivity contribution is 6.30. The van der Waals surface area contributed by atoms with E-state index in [1.807, 2.05) is 19.9 Å². The van der Waals surface area contributed by atoms with Gasteiger partial charge in [0.1, 0.15) is 18.8 Å². The SMILES string of the molecule is CCOC(=O)CN1C(=O)CN(C(=O)COc2ccc(Cl)cc2)c2cc(C)c(C)cc21. The lowest BCUT2D eigenvalue weighted by Crippen LogP contribution is -2.51. The van der Waals surface area contributed by atoms with Gasteiger partial charge in [0.25, 0.3) is 5.91 Å². The first-order valence-electron chi connectivity index (χ1n) is 9.56. The van der Waals surface area contributed by atoms with Crippen molar-refractivity contribution in [3.8, 4) is 5.75 Å². The van der Waals surface area contributed by atoms with Crippen LogP contribution in [0.1, 0.15) is 18.1 Å². The molecule has 0 N–H and O–H groups in total. The van der Waals surface area contributed by atoms with Gasteiger partial charge in [0, 0.05) is 5.02 Å². The van der Waals surface area contributed by atoms with Crippen molar-refractivity contribution in [2.45, 2.75) is 20.8 Å². The maximum absolute atomic E-state index is 12.9. The molecule has 3 rings (SSSR count). The van der Waals surface area contributed by atoms with Crippen molar-refractivity contribution in [3.63, 3.8) is 0 Å². The maximum Gasteiger partial charge on any atom is 0.326 e. The number of hydrogen-bond donors (Lipinski definition) is 0. The molecule has 0 aliphatic carbocycles. The summed E-state index contributed by atoms with van der Waals surface area (Å²) in [4.78, 5) is 40.4. The van der Waals surface area contributed by atoms with Crippen LogP contribution >= 0.6 is 11.6 Å². The van der Waals surface area contributed by atoms with Crippen LogP contribution in [0.3, 0.4) is 0 Å². The number of nitrogens with zero attached hydrogens (tertiary/aromatic N) is 2. The second kappa shape index (κ2) is 9.17. The van der Waals surface area contributed by atoms with Crippen molar-refractivity contribution in [2.75, 3.05) is 36.1 Å². The van der Waals surface area contributed by atoms with Crippen LogP contribution in [-0.4, -0.2) is 44.1 Å². The standard InChI is InChI=1S/C22H23ClN2O5/c1-4-29-22(28)12-25-19-10-15(3)14(2)9-18(19)24(11-20(25)26)21(27)13-30-17-7-5-16(23)6-8-17/h5-10H,4,11-13H2,1-3H3. The average molecular weight is 431 g/mol. The molecule has 2 aromatic rings. The molecule has 158 valence electrons. The Balaban J connectivity index is 1.85. The lowest BCUT2D eigenvalue weighted by atomic mass is 10.0. The number of carbonyl (C=O) groups is 3. The third-order valence-electron chi connectivity index (χ3n) is 4.84. The molecule has 0 atom stereocenters. The van der Waals surface area contributed by atoms with Crippen molar-refractivity contribution >= 4 is 40.8 Å². The summed E-state index contributed by atoms with van der Waals surface area (Å²) < 4.78 is 10.5. The average Bonchev–Trinajstić information content (AvgIpc) is 2.71. The van der Waals surface area contributed by atoms with Crippen LogP contribution in [0.2, 0.25) is 5.02 Å². The first kappa shape index (κ1) is 21.6. The van der Waals surface area contributed by atoms with Gasteiger partial charge in [-0.1, -0.05) is 11.6 Å². The van der Waals surface area contributed by atoms with Gasteiger partial charge in [0.05, 0.1) is 18.0 Å². The highest BCUT2D eigenvalue weighted by Crippen LogP contribution is 2.36. The van der Waals surface area contributed by atoms with E-state index in [-0.39, 0.29) is 38.1 Å². The Morgan fingerprint density at radius 1 is 1.07 bits per heavy atom. The number of benzene rings is 2. The zero-order valence-electron chi connectivity index (χ0n) is 17.1. The zero-order valence-corrected chi connectivity index (χ0v) is 17.9. The normalized spacial score (nSPS) is 13.1. The van der Waals surface area contributed by atoms with Gasteiger partial charge in [-0.05, 0) is 68.3 Å². The number of anilines is 2. The Bertz CT molecular complexity index is 974. The quantitative estimate of drug-likeness (QED) is 0.657. The second-order valence-electron chi connectivity index (χ2n) is 6.93. The van der Waals surface area contributed by atoms with Gasteiger partial charge in [0.15, 0.2) is 6.61 Å². The second-order valence-corrected chi connectivity index (χ2v) is 7.37. The van der Waals surface area contributed by atoms with E-state index in [0.29, 0.717) is 22.1 Å². The van der Waals surface area contributed by atoms with E-state index in [1.54, 1.807) is 37.3 Å². The molecule has 0 fully saturated rings. The third kappa shape index (κ3) is 4.74. The molecular weight excluding hydrogens is 408 g/mol. The van der Waals surface area contributed by atoms with Crippen molar-refractivity contribution in [1.82, 2.24) is 0 Å². The van der Waals surface area contributed by atoms with Gasteiger partial charge in [-0.15, -0.1) is 0 Å². The van der Waals surface area contributed by atoms with E-state index in [2.05, 4.69) is 0 Å². The monoisotopic (exact) mass is 430 g/mol. The fraction of sp³-hybridized carbons (Fsp3) is 0.318. The molecule has 8 heteroatoms. The van der Waals surface area contributed by atoms with Crippen LogP contribution in [0.25, 0.3) is 0 Å². The van der Waals surface area contributed by atoms with Gasteiger partial charge in [-0.3, -0.25) is 24.2 Å². The highest BCUT2D eigenvalue weighted by atomic mass is 35.5. The molecule has 2 amide bonds. The number of esters is 1.